The summed E-state index contributed by atoms with van der Waals surface area (Å²) in [6.45, 7) is 1.97. The molecule has 1 aromatic rings. The number of pyridine rings is 1. The minimum Gasteiger partial charge on any atom is -0.446 e. The van der Waals surface area contributed by atoms with E-state index in [0.29, 0.717) is 5.92 Å². The summed E-state index contributed by atoms with van der Waals surface area (Å²) in [6, 6.07) is 4.17. The van der Waals surface area contributed by atoms with Gasteiger partial charge in [-0.1, -0.05) is 6.07 Å². The average Bonchev–Trinajstić information content (AvgIpc) is 3.41. The molecule has 32 heavy (non-hydrogen) atoms. The van der Waals surface area contributed by atoms with Crippen molar-refractivity contribution >= 4 is 12.0 Å². The summed E-state index contributed by atoms with van der Waals surface area (Å²) in [6.07, 6.45) is 7.78. The molecule has 4 atom stereocenters. The van der Waals surface area contributed by atoms with Gasteiger partial charge in [0, 0.05) is 24.0 Å². The Hall–Kier alpha value is -2.23. The second-order valence-electron chi connectivity index (χ2n) is 9.50. The number of amides is 2. The van der Waals surface area contributed by atoms with Gasteiger partial charge in [-0.25, -0.2) is 10.2 Å². The van der Waals surface area contributed by atoms with Gasteiger partial charge in [-0.05, 0) is 75.8 Å². The fourth-order valence-corrected chi connectivity index (χ4v) is 5.02. The maximum Gasteiger partial charge on any atom is 0.407 e. The standard InChI is InChI=1S/C23H35N5O4/c1-14-2-4-17(24-13-14)11-22(30)26-21-12-20(27-28-21)15-3-9-19(10-15)32-23(31)25-16-5-7-18(29)8-6-16/h2,4,13,15-16,18-21,27-29H,3,5-12H2,1H3,(H,25,31)(H,26,30)/t15-,16?,18?,19+,20?,21?/m1/s1. The van der Waals surface area contributed by atoms with E-state index >= 15 is 0 Å². The molecule has 2 unspecified atom stereocenters. The summed E-state index contributed by atoms with van der Waals surface area (Å²) in [4.78, 5) is 28.9. The van der Waals surface area contributed by atoms with Crippen LogP contribution in [0, 0.1) is 12.8 Å². The van der Waals surface area contributed by atoms with Crippen molar-refractivity contribution in [2.75, 3.05) is 0 Å². The number of nitrogens with zero attached hydrogens (tertiary/aromatic N) is 1. The number of aliphatic hydroxyl groups is 1. The molecule has 3 fully saturated rings. The Morgan fingerprint density at radius 2 is 1.91 bits per heavy atom. The molecule has 0 bridgehead atoms. The predicted octanol–water partition coefficient (Wildman–Crippen LogP) is 1.44. The lowest BCUT2D eigenvalue weighted by Gasteiger charge is -2.26. The van der Waals surface area contributed by atoms with Crippen LogP contribution in [0.1, 0.15) is 62.6 Å². The van der Waals surface area contributed by atoms with E-state index in [1.807, 2.05) is 19.1 Å². The second kappa shape index (κ2) is 10.6. The van der Waals surface area contributed by atoms with Crippen molar-refractivity contribution in [1.82, 2.24) is 26.5 Å². The average molecular weight is 446 g/mol. The Kier molecular flexibility index (Phi) is 7.59. The summed E-state index contributed by atoms with van der Waals surface area (Å²) in [5.41, 5.74) is 8.32. The third-order valence-electron chi connectivity index (χ3n) is 6.87. The molecule has 176 valence electrons. The number of carbonyl (C=O) groups excluding carboxylic acids is 2. The van der Waals surface area contributed by atoms with E-state index < -0.39 is 0 Å². The maximum atomic E-state index is 12.3. The van der Waals surface area contributed by atoms with Gasteiger partial charge >= 0.3 is 6.09 Å². The zero-order chi connectivity index (χ0) is 22.5. The van der Waals surface area contributed by atoms with Gasteiger partial charge in [-0.3, -0.25) is 15.2 Å². The van der Waals surface area contributed by atoms with Crippen LogP contribution in [0.4, 0.5) is 4.79 Å². The first-order chi connectivity index (χ1) is 15.4. The highest BCUT2D eigenvalue weighted by molar-refractivity contribution is 5.78. The molecular weight excluding hydrogens is 410 g/mol. The van der Waals surface area contributed by atoms with Crippen LogP contribution in [0.15, 0.2) is 18.3 Å². The Morgan fingerprint density at radius 1 is 1.09 bits per heavy atom. The highest BCUT2D eigenvalue weighted by atomic mass is 16.6. The van der Waals surface area contributed by atoms with E-state index in [9.17, 15) is 14.7 Å². The molecule has 0 spiro atoms. The number of aryl methyl sites for hydroxylation is 1. The summed E-state index contributed by atoms with van der Waals surface area (Å²) in [5.74, 6) is 0.339. The maximum absolute atomic E-state index is 12.3. The molecule has 2 amide bonds. The van der Waals surface area contributed by atoms with Crippen molar-refractivity contribution in [1.29, 1.82) is 0 Å². The number of hydrazine groups is 1. The Balaban J connectivity index is 1.15. The molecule has 1 aromatic heterocycles. The van der Waals surface area contributed by atoms with Crippen LogP contribution in [-0.4, -0.2) is 52.5 Å². The molecule has 9 heteroatoms. The van der Waals surface area contributed by atoms with E-state index in [0.717, 1.165) is 62.6 Å². The fourth-order valence-electron chi connectivity index (χ4n) is 5.02. The smallest absolute Gasteiger partial charge is 0.407 e. The molecule has 5 N–H and O–H groups in total. The molecule has 2 heterocycles. The second-order valence-corrected chi connectivity index (χ2v) is 9.50. The highest BCUT2D eigenvalue weighted by Gasteiger charge is 2.37. The van der Waals surface area contributed by atoms with Crippen LogP contribution in [0.2, 0.25) is 0 Å². The Bertz CT molecular complexity index is 781. The first kappa shape index (κ1) is 22.9. The van der Waals surface area contributed by atoms with Crippen molar-refractivity contribution in [3.8, 4) is 0 Å². The van der Waals surface area contributed by atoms with Crippen molar-refractivity contribution in [2.24, 2.45) is 5.92 Å². The monoisotopic (exact) mass is 445 g/mol. The lowest BCUT2D eigenvalue weighted by atomic mass is 9.93. The van der Waals surface area contributed by atoms with Crippen molar-refractivity contribution < 1.29 is 19.4 Å². The number of carbonyl (C=O) groups is 2. The lowest BCUT2D eigenvalue weighted by Crippen LogP contribution is -2.45. The largest absolute Gasteiger partial charge is 0.446 e. The number of hydrogen-bond donors (Lipinski definition) is 5. The summed E-state index contributed by atoms with van der Waals surface area (Å²) >= 11 is 0. The zero-order valence-electron chi connectivity index (χ0n) is 18.7. The van der Waals surface area contributed by atoms with Gasteiger partial charge in [0.15, 0.2) is 0 Å². The van der Waals surface area contributed by atoms with Gasteiger partial charge in [0.25, 0.3) is 0 Å². The van der Waals surface area contributed by atoms with Crippen molar-refractivity contribution in [2.45, 2.75) is 95.2 Å². The molecule has 0 radical (unpaired) electrons. The van der Waals surface area contributed by atoms with Gasteiger partial charge < -0.3 is 20.5 Å². The minimum absolute atomic E-state index is 0.0548. The number of aliphatic hydroxyl groups excluding tert-OH is 1. The quantitative estimate of drug-likeness (QED) is 0.449. The third-order valence-corrected chi connectivity index (χ3v) is 6.87. The van der Waals surface area contributed by atoms with Crippen LogP contribution < -0.4 is 21.5 Å². The molecule has 1 aliphatic heterocycles. The summed E-state index contributed by atoms with van der Waals surface area (Å²) in [7, 11) is 0. The van der Waals surface area contributed by atoms with Crippen LogP contribution in [0.25, 0.3) is 0 Å². The number of alkyl carbamates (subject to hydrolysis) is 1. The van der Waals surface area contributed by atoms with E-state index in [1.54, 1.807) is 6.20 Å². The molecule has 2 saturated carbocycles. The third kappa shape index (κ3) is 6.40. The van der Waals surface area contributed by atoms with E-state index in [-0.39, 0.29) is 48.9 Å². The number of ether oxygens (including phenoxy) is 1. The molecule has 0 aromatic carbocycles. The van der Waals surface area contributed by atoms with Crippen LogP contribution in [0.5, 0.6) is 0 Å². The number of hydrogen-bond acceptors (Lipinski definition) is 7. The Labute approximate surface area is 189 Å². The van der Waals surface area contributed by atoms with E-state index in [1.165, 1.54) is 0 Å². The first-order valence-electron chi connectivity index (χ1n) is 11.8. The van der Waals surface area contributed by atoms with Crippen molar-refractivity contribution in [3.05, 3.63) is 29.6 Å². The zero-order valence-corrected chi connectivity index (χ0v) is 18.7. The Morgan fingerprint density at radius 3 is 2.66 bits per heavy atom. The van der Waals surface area contributed by atoms with E-state index in [2.05, 4.69) is 26.5 Å². The van der Waals surface area contributed by atoms with Gasteiger partial charge in [0.2, 0.25) is 5.91 Å². The lowest BCUT2D eigenvalue weighted by molar-refractivity contribution is -0.121. The van der Waals surface area contributed by atoms with E-state index in [4.69, 9.17) is 4.74 Å². The topological polar surface area (TPSA) is 125 Å². The molecule has 1 saturated heterocycles. The summed E-state index contributed by atoms with van der Waals surface area (Å²) < 4.78 is 5.66. The van der Waals surface area contributed by atoms with Crippen molar-refractivity contribution in [3.63, 3.8) is 0 Å². The molecular formula is C23H35N5O4. The first-order valence-corrected chi connectivity index (χ1v) is 11.8. The highest BCUT2D eigenvalue weighted by Crippen LogP contribution is 2.33. The SMILES string of the molecule is Cc1ccc(CC(=O)NC2CC([C@@H]3CC[C@H](OC(=O)NC4CCC(O)CC4)C3)NN2)nc1. The molecule has 4 rings (SSSR count). The number of rotatable bonds is 6. The fraction of sp³-hybridized carbons (Fsp3) is 0.696. The normalized spacial score (nSPS) is 32.4. The molecule has 2 aliphatic carbocycles. The van der Waals surface area contributed by atoms with Crippen LogP contribution in [0.3, 0.4) is 0 Å². The summed E-state index contributed by atoms with van der Waals surface area (Å²) in [5, 5.41) is 15.6. The minimum atomic E-state index is -0.343. The molecule has 3 aliphatic rings. The predicted molar refractivity (Wildman–Crippen MR) is 118 cm³/mol. The van der Waals surface area contributed by atoms with Gasteiger partial charge in [-0.15, -0.1) is 0 Å². The number of nitrogens with one attached hydrogen (secondary N) is 4. The van der Waals surface area contributed by atoms with Gasteiger partial charge in [0.05, 0.1) is 18.7 Å². The molecule has 9 nitrogen and oxygen atoms in total. The van der Waals surface area contributed by atoms with Crippen LogP contribution >= 0.6 is 0 Å². The van der Waals surface area contributed by atoms with Gasteiger partial charge in [-0.2, -0.15) is 0 Å². The van der Waals surface area contributed by atoms with Crippen LogP contribution in [-0.2, 0) is 16.0 Å². The number of aromatic nitrogens is 1. The van der Waals surface area contributed by atoms with Gasteiger partial charge in [0.1, 0.15) is 6.10 Å².